The molecule has 8 heteroatoms. The largest absolute Gasteiger partial charge is 0.379 e. The van der Waals surface area contributed by atoms with Gasteiger partial charge in [-0.1, -0.05) is 13.8 Å². The molecule has 2 aromatic rings. The van der Waals surface area contributed by atoms with Gasteiger partial charge in [0, 0.05) is 44.1 Å². The van der Waals surface area contributed by atoms with E-state index in [1.54, 1.807) is 18.5 Å². The van der Waals surface area contributed by atoms with E-state index in [1.807, 2.05) is 10.8 Å². The summed E-state index contributed by atoms with van der Waals surface area (Å²) < 4.78 is 7.60. The lowest BCUT2D eigenvalue weighted by Crippen LogP contribution is -2.52. The molecular weight excluding hydrogens is 332 g/mol. The lowest BCUT2D eigenvalue weighted by atomic mass is 10.0. The minimum absolute atomic E-state index is 0.0120. The minimum Gasteiger partial charge on any atom is -0.379 e. The molecule has 1 aliphatic heterocycles. The summed E-state index contributed by atoms with van der Waals surface area (Å²) in [5, 5.41) is 6.47. The Morgan fingerprint density at radius 3 is 3.00 bits per heavy atom. The molecule has 0 aromatic carbocycles. The van der Waals surface area contributed by atoms with Crippen LogP contribution in [0.3, 0.4) is 0 Å². The molecule has 3 heterocycles. The molecule has 0 unspecified atom stereocenters. The van der Waals surface area contributed by atoms with Crippen LogP contribution in [-0.2, 0) is 16.1 Å². The van der Waals surface area contributed by atoms with Crippen molar-refractivity contribution in [3.05, 3.63) is 36.8 Å². The number of carbonyl (C=O) groups is 1. The van der Waals surface area contributed by atoms with E-state index >= 15 is 0 Å². The van der Waals surface area contributed by atoms with Crippen molar-refractivity contribution < 1.29 is 9.53 Å². The van der Waals surface area contributed by atoms with E-state index in [1.165, 1.54) is 6.33 Å². The van der Waals surface area contributed by atoms with Gasteiger partial charge in [0.15, 0.2) is 0 Å². The molecule has 140 valence electrons. The summed E-state index contributed by atoms with van der Waals surface area (Å²) in [5.74, 6) is 2.11. The maximum absolute atomic E-state index is 12.4. The van der Waals surface area contributed by atoms with Crippen molar-refractivity contribution in [1.82, 2.24) is 24.8 Å². The van der Waals surface area contributed by atoms with Crippen LogP contribution in [0.25, 0.3) is 0 Å². The van der Waals surface area contributed by atoms with Gasteiger partial charge in [0.05, 0.1) is 18.7 Å². The van der Waals surface area contributed by atoms with Crippen LogP contribution in [0.2, 0.25) is 0 Å². The quantitative estimate of drug-likeness (QED) is 0.780. The summed E-state index contributed by atoms with van der Waals surface area (Å²) in [5.41, 5.74) is 0. The number of aryl methyl sites for hydroxylation is 1. The highest BCUT2D eigenvalue weighted by Crippen LogP contribution is 2.14. The summed E-state index contributed by atoms with van der Waals surface area (Å²) in [6.45, 7) is 6.02. The van der Waals surface area contributed by atoms with E-state index in [-0.39, 0.29) is 18.0 Å². The Bertz CT molecular complexity index is 703. The first-order valence-electron chi connectivity index (χ1n) is 9.04. The van der Waals surface area contributed by atoms with E-state index in [4.69, 9.17) is 4.74 Å². The van der Waals surface area contributed by atoms with Crippen molar-refractivity contribution >= 4 is 11.7 Å². The molecule has 0 bridgehead atoms. The Balaban J connectivity index is 1.53. The van der Waals surface area contributed by atoms with Gasteiger partial charge in [-0.3, -0.25) is 4.79 Å². The van der Waals surface area contributed by atoms with Gasteiger partial charge in [-0.25, -0.2) is 15.0 Å². The third kappa shape index (κ3) is 4.78. The van der Waals surface area contributed by atoms with Crippen molar-refractivity contribution in [2.24, 2.45) is 0 Å². The first-order valence-corrected chi connectivity index (χ1v) is 9.04. The Hall–Kier alpha value is -2.48. The van der Waals surface area contributed by atoms with Crippen LogP contribution in [0.15, 0.2) is 31.0 Å². The second-order valence-electron chi connectivity index (χ2n) is 6.77. The Labute approximate surface area is 153 Å². The fourth-order valence-electron chi connectivity index (χ4n) is 3.13. The molecular formula is C18H26N6O2. The number of hydrogen-bond acceptors (Lipinski definition) is 6. The van der Waals surface area contributed by atoms with E-state index in [2.05, 4.69) is 39.4 Å². The van der Waals surface area contributed by atoms with Crippen LogP contribution in [0, 0.1) is 0 Å². The molecule has 2 atom stereocenters. The highest BCUT2D eigenvalue weighted by Gasteiger charge is 2.27. The van der Waals surface area contributed by atoms with Gasteiger partial charge in [-0.05, 0) is 12.5 Å². The van der Waals surface area contributed by atoms with Crippen LogP contribution in [0.5, 0.6) is 0 Å². The first-order chi connectivity index (χ1) is 12.6. The number of nitrogens with zero attached hydrogens (tertiary/aromatic N) is 4. The fourth-order valence-corrected chi connectivity index (χ4v) is 3.13. The second-order valence-corrected chi connectivity index (χ2v) is 6.77. The Morgan fingerprint density at radius 1 is 1.35 bits per heavy atom. The lowest BCUT2D eigenvalue weighted by molar-refractivity contribution is -0.122. The zero-order valence-electron chi connectivity index (χ0n) is 15.3. The number of imidazole rings is 1. The predicted octanol–water partition coefficient (Wildman–Crippen LogP) is 1.57. The van der Waals surface area contributed by atoms with Crippen LogP contribution >= 0.6 is 0 Å². The number of hydrogen-bond donors (Lipinski definition) is 2. The molecule has 1 amide bonds. The van der Waals surface area contributed by atoms with Gasteiger partial charge >= 0.3 is 0 Å². The summed E-state index contributed by atoms with van der Waals surface area (Å²) in [4.78, 5) is 24.9. The van der Waals surface area contributed by atoms with E-state index in [9.17, 15) is 4.79 Å². The number of aromatic nitrogens is 4. The summed E-state index contributed by atoms with van der Waals surface area (Å²) in [6.07, 6.45) is 8.09. The van der Waals surface area contributed by atoms with Crippen molar-refractivity contribution in [1.29, 1.82) is 0 Å². The molecule has 8 nitrogen and oxygen atoms in total. The number of nitrogens with one attached hydrogen (secondary N) is 2. The molecule has 2 aromatic heterocycles. The van der Waals surface area contributed by atoms with Crippen molar-refractivity contribution in [3.63, 3.8) is 0 Å². The SMILES string of the molecule is CC(C)c1nccn1CCC(=O)N[C@H]1CCOC[C@H]1Nc1ccncn1. The molecule has 3 rings (SSSR count). The zero-order chi connectivity index (χ0) is 18.4. The highest BCUT2D eigenvalue weighted by molar-refractivity contribution is 5.76. The molecule has 1 aliphatic rings. The number of rotatable bonds is 7. The Morgan fingerprint density at radius 2 is 2.23 bits per heavy atom. The number of anilines is 1. The van der Waals surface area contributed by atoms with Gasteiger partial charge < -0.3 is 19.9 Å². The molecule has 1 fully saturated rings. The van der Waals surface area contributed by atoms with Gasteiger partial charge in [0.2, 0.25) is 5.91 Å². The van der Waals surface area contributed by atoms with Crippen LogP contribution in [0.1, 0.15) is 38.4 Å². The third-order valence-corrected chi connectivity index (χ3v) is 4.46. The summed E-state index contributed by atoms with van der Waals surface area (Å²) >= 11 is 0. The van der Waals surface area contributed by atoms with Gasteiger partial charge in [-0.15, -0.1) is 0 Å². The van der Waals surface area contributed by atoms with Crippen LogP contribution in [0.4, 0.5) is 5.82 Å². The maximum Gasteiger partial charge on any atom is 0.222 e. The smallest absolute Gasteiger partial charge is 0.222 e. The van der Waals surface area contributed by atoms with Gasteiger partial charge in [0.25, 0.3) is 0 Å². The number of amides is 1. The van der Waals surface area contributed by atoms with Crippen LogP contribution in [-0.4, -0.2) is 50.7 Å². The van der Waals surface area contributed by atoms with Crippen LogP contribution < -0.4 is 10.6 Å². The summed E-state index contributed by atoms with van der Waals surface area (Å²) in [6, 6.07) is 1.81. The molecule has 0 aliphatic carbocycles. The normalized spacial score (nSPS) is 20.1. The molecule has 2 N–H and O–H groups in total. The zero-order valence-corrected chi connectivity index (χ0v) is 15.3. The van der Waals surface area contributed by atoms with Gasteiger partial charge in [-0.2, -0.15) is 0 Å². The Kier molecular flexibility index (Phi) is 6.17. The third-order valence-electron chi connectivity index (χ3n) is 4.46. The standard InChI is InChI=1S/C18H26N6O2/c1-13(2)18-20-7-9-24(18)8-4-17(25)23-14-5-10-26-11-15(14)22-16-3-6-19-12-21-16/h3,6-7,9,12-15H,4-5,8,10-11H2,1-2H3,(H,23,25)(H,19,21,22)/t14-,15+/m0/s1. The number of ether oxygens (including phenoxy) is 1. The van der Waals surface area contributed by atoms with Crippen molar-refractivity contribution in [2.45, 2.75) is 51.2 Å². The fraction of sp³-hybridized carbons (Fsp3) is 0.556. The maximum atomic E-state index is 12.4. The van der Waals surface area contributed by atoms with Crippen molar-refractivity contribution in [3.8, 4) is 0 Å². The van der Waals surface area contributed by atoms with Gasteiger partial charge in [0.1, 0.15) is 18.0 Å². The average molecular weight is 358 g/mol. The molecule has 26 heavy (non-hydrogen) atoms. The summed E-state index contributed by atoms with van der Waals surface area (Å²) in [7, 11) is 0. The van der Waals surface area contributed by atoms with E-state index in [0.29, 0.717) is 32.1 Å². The first kappa shape index (κ1) is 18.3. The predicted molar refractivity (Wildman–Crippen MR) is 97.7 cm³/mol. The highest BCUT2D eigenvalue weighted by atomic mass is 16.5. The average Bonchev–Trinajstić information content (AvgIpc) is 3.11. The molecule has 0 radical (unpaired) electrons. The van der Waals surface area contributed by atoms with Crippen molar-refractivity contribution in [2.75, 3.05) is 18.5 Å². The lowest BCUT2D eigenvalue weighted by Gasteiger charge is -2.33. The molecule has 0 spiro atoms. The van der Waals surface area contributed by atoms with E-state index in [0.717, 1.165) is 18.1 Å². The molecule has 0 saturated carbocycles. The molecule has 1 saturated heterocycles. The monoisotopic (exact) mass is 358 g/mol. The topological polar surface area (TPSA) is 94.0 Å². The number of carbonyl (C=O) groups excluding carboxylic acids is 1. The second kappa shape index (κ2) is 8.75. The van der Waals surface area contributed by atoms with E-state index < -0.39 is 0 Å². The minimum atomic E-state index is -0.0120.